The van der Waals surface area contributed by atoms with Gasteiger partial charge in [-0.2, -0.15) is 4.31 Å². The van der Waals surface area contributed by atoms with Gasteiger partial charge in [0.2, 0.25) is 10.0 Å². The number of esters is 1. The number of benzene rings is 1. The molecule has 0 aliphatic carbocycles. The molecule has 0 atom stereocenters. The molecular weight excluding hydrogens is 398 g/mol. The number of hydrogen-bond donors (Lipinski definition) is 1. The van der Waals surface area contributed by atoms with Crippen LogP contribution in [-0.2, 0) is 30.8 Å². The predicted molar refractivity (Wildman–Crippen MR) is 104 cm³/mol. The van der Waals surface area contributed by atoms with Crippen LogP contribution in [0.3, 0.4) is 0 Å². The zero-order valence-corrected chi connectivity index (χ0v) is 16.9. The van der Waals surface area contributed by atoms with Gasteiger partial charge in [0.25, 0.3) is 5.91 Å². The number of nitrogens with one attached hydrogen (secondary N) is 1. The zero-order valence-electron chi connectivity index (χ0n) is 16.0. The third-order valence-corrected chi connectivity index (χ3v) is 6.42. The molecule has 0 saturated carbocycles. The van der Waals surface area contributed by atoms with Crippen molar-refractivity contribution in [1.82, 2.24) is 14.2 Å². The number of hydrogen-bond acceptors (Lipinski definition) is 6. The highest BCUT2D eigenvalue weighted by Gasteiger charge is 2.29. The highest BCUT2D eigenvalue weighted by molar-refractivity contribution is 7.89. The van der Waals surface area contributed by atoms with Gasteiger partial charge in [-0.25, -0.2) is 8.42 Å². The molecule has 10 heteroatoms. The molecule has 1 saturated heterocycles. The van der Waals surface area contributed by atoms with Crippen LogP contribution < -0.4 is 0 Å². The number of amides is 1. The average molecular weight is 421 g/mol. The molecule has 3 rings (SSSR count). The SMILES string of the molecule is COC(=O)CN(Cc1ccccc1)C(=O)c1cc(S(=O)(=O)N2CCOCC2)c[nH]1. The number of sulfonamides is 1. The largest absolute Gasteiger partial charge is 0.468 e. The van der Waals surface area contributed by atoms with Crippen molar-refractivity contribution in [1.29, 1.82) is 0 Å². The molecular formula is C19H23N3O6S. The van der Waals surface area contributed by atoms with E-state index in [0.717, 1.165) is 5.56 Å². The summed E-state index contributed by atoms with van der Waals surface area (Å²) in [4.78, 5) is 28.8. The Morgan fingerprint density at radius 1 is 1.21 bits per heavy atom. The summed E-state index contributed by atoms with van der Waals surface area (Å²) >= 11 is 0. The number of aromatic amines is 1. The molecule has 1 amide bonds. The Kier molecular flexibility index (Phi) is 6.68. The maximum absolute atomic E-state index is 13.0. The van der Waals surface area contributed by atoms with Gasteiger partial charge in [-0.15, -0.1) is 0 Å². The lowest BCUT2D eigenvalue weighted by Crippen LogP contribution is -2.40. The number of aromatic nitrogens is 1. The highest BCUT2D eigenvalue weighted by atomic mass is 32.2. The summed E-state index contributed by atoms with van der Waals surface area (Å²) in [6, 6.07) is 10.5. The Hall–Kier alpha value is -2.69. The molecule has 0 spiro atoms. The van der Waals surface area contributed by atoms with Crippen molar-refractivity contribution in [2.45, 2.75) is 11.4 Å². The lowest BCUT2D eigenvalue weighted by Gasteiger charge is -2.25. The van der Waals surface area contributed by atoms with Crippen molar-refractivity contribution in [2.75, 3.05) is 40.0 Å². The van der Waals surface area contributed by atoms with Gasteiger partial charge in [-0.1, -0.05) is 30.3 Å². The molecule has 1 fully saturated rings. The number of methoxy groups -OCH3 is 1. The van der Waals surface area contributed by atoms with Gasteiger partial charge in [0, 0.05) is 25.8 Å². The highest BCUT2D eigenvalue weighted by Crippen LogP contribution is 2.19. The van der Waals surface area contributed by atoms with Crippen LogP contribution in [0.25, 0.3) is 0 Å². The molecule has 2 heterocycles. The van der Waals surface area contributed by atoms with E-state index < -0.39 is 21.9 Å². The van der Waals surface area contributed by atoms with Crippen LogP contribution in [0.4, 0.5) is 0 Å². The molecule has 0 unspecified atom stereocenters. The summed E-state index contributed by atoms with van der Waals surface area (Å²) in [7, 11) is -2.48. The fraction of sp³-hybridized carbons (Fsp3) is 0.368. The number of carbonyl (C=O) groups excluding carboxylic acids is 2. The number of H-pyrrole nitrogens is 1. The maximum atomic E-state index is 13.0. The molecule has 1 aromatic heterocycles. The first kappa shape index (κ1) is 21.0. The lowest BCUT2D eigenvalue weighted by atomic mass is 10.2. The Morgan fingerprint density at radius 2 is 1.90 bits per heavy atom. The van der Waals surface area contributed by atoms with E-state index in [1.54, 1.807) is 0 Å². The molecule has 1 aliphatic rings. The van der Waals surface area contributed by atoms with Crippen LogP contribution in [0.15, 0.2) is 47.5 Å². The number of nitrogens with zero attached hydrogens (tertiary/aromatic N) is 2. The standard InChI is InChI=1S/C19H23N3O6S/c1-27-18(23)14-21(13-15-5-3-2-4-6-15)19(24)17-11-16(12-20-17)29(25,26)22-7-9-28-10-8-22/h2-6,11-12,20H,7-10,13-14H2,1H3. The van der Waals surface area contributed by atoms with Gasteiger partial charge in [0.1, 0.15) is 17.1 Å². The van der Waals surface area contributed by atoms with Gasteiger partial charge < -0.3 is 19.4 Å². The van der Waals surface area contributed by atoms with Gasteiger partial charge in [0.15, 0.2) is 0 Å². The minimum Gasteiger partial charge on any atom is -0.468 e. The third-order valence-electron chi connectivity index (χ3n) is 4.55. The smallest absolute Gasteiger partial charge is 0.325 e. The minimum atomic E-state index is -3.73. The second-order valence-corrected chi connectivity index (χ2v) is 8.43. The van der Waals surface area contributed by atoms with E-state index in [0.29, 0.717) is 13.2 Å². The van der Waals surface area contributed by atoms with Crippen molar-refractivity contribution in [2.24, 2.45) is 0 Å². The maximum Gasteiger partial charge on any atom is 0.325 e. The summed E-state index contributed by atoms with van der Waals surface area (Å²) < 4.78 is 36.7. The van der Waals surface area contributed by atoms with Crippen LogP contribution >= 0.6 is 0 Å². The molecule has 0 bridgehead atoms. The number of ether oxygens (including phenoxy) is 2. The zero-order chi connectivity index (χ0) is 20.9. The Bertz CT molecular complexity index is 951. The minimum absolute atomic E-state index is 0.000444. The van der Waals surface area contributed by atoms with E-state index in [2.05, 4.69) is 9.72 Å². The predicted octanol–water partition coefficient (Wildman–Crippen LogP) is 0.851. The van der Waals surface area contributed by atoms with E-state index in [-0.39, 0.29) is 36.8 Å². The quantitative estimate of drug-likeness (QED) is 0.664. The molecule has 0 radical (unpaired) electrons. The van der Waals surface area contributed by atoms with Gasteiger partial charge >= 0.3 is 5.97 Å². The fourth-order valence-electron chi connectivity index (χ4n) is 2.98. The summed E-state index contributed by atoms with van der Waals surface area (Å²) in [5, 5.41) is 0. The van der Waals surface area contributed by atoms with Crippen LogP contribution in [0.5, 0.6) is 0 Å². The molecule has 9 nitrogen and oxygen atoms in total. The summed E-state index contributed by atoms with van der Waals surface area (Å²) in [5.41, 5.74) is 0.911. The third kappa shape index (κ3) is 5.03. The summed E-state index contributed by atoms with van der Waals surface area (Å²) in [5.74, 6) is -1.07. The van der Waals surface area contributed by atoms with Gasteiger partial charge in [-0.05, 0) is 11.6 Å². The Labute approximate surface area is 169 Å². The monoisotopic (exact) mass is 421 g/mol. The molecule has 1 aromatic carbocycles. The Morgan fingerprint density at radius 3 is 2.55 bits per heavy atom. The normalized spacial score (nSPS) is 15.1. The first-order chi connectivity index (χ1) is 13.9. The second-order valence-electron chi connectivity index (χ2n) is 6.49. The Balaban J connectivity index is 1.81. The van der Waals surface area contributed by atoms with Crippen LogP contribution in [0.2, 0.25) is 0 Å². The fourth-order valence-corrected chi connectivity index (χ4v) is 4.38. The number of morpholine rings is 1. The first-order valence-electron chi connectivity index (χ1n) is 9.08. The van der Waals surface area contributed by atoms with Crippen molar-refractivity contribution < 1.29 is 27.5 Å². The molecule has 156 valence electrons. The lowest BCUT2D eigenvalue weighted by molar-refractivity contribution is -0.141. The van der Waals surface area contributed by atoms with E-state index in [1.807, 2.05) is 30.3 Å². The average Bonchev–Trinajstić information content (AvgIpc) is 3.25. The van der Waals surface area contributed by atoms with Crippen LogP contribution in [-0.4, -0.2) is 74.4 Å². The molecule has 29 heavy (non-hydrogen) atoms. The van der Waals surface area contributed by atoms with Gasteiger partial charge in [-0.3, -0.25) is 9.59 Å². The van der Waals surface area contributed by atoms with Gasteiger partial charge in [0.05, 0.1) is 20.3 Å². The summed E-state index contributed by atoms with van der Waals surface area (Å²) in [6.45, 7) is 1.12. The van der Waals surface area contributed by atoms with Crippen LogP contribution in [0, 0.1) is 0 Å². The van der Waals surface area contributed by atoms with Crippen molar-refractivity contribution >= 4 is 21.9 Å². The van der Waals surface area contributed by atoms with Crippen molar-refractivity contribution in [3.63, 3.8) is 0 Å². The molecule has 2 aromatic rings. The van der Waals surface area contributed by atoms with Crippen LogP contribution in [0.1, 0.15) is 16.1 Å². The molecule has 1 aliphatic heterocycles. The first-order valence-corrected chi connectivity index (χ1v) is 10.5. The topological polar surface area (TPSA) is 109 Å². The van der Waals surface area contributed by atoms with E-state index in [9.17, 15) is 18.0 Å². The molecule has 1 N–H and O–H groups in total. The summed E-state index contributed by atoms with van der Waals surface area (Å²) in [6.07, 6.45) is 1.29. The van der Waals surface area contributed by atoms with E-state index in [4.69, 9.17) is 4.74 Å². The number of carbonyl (C=O) groups is 2. The van der Waals surface area contributed by atoms with Crippen molar-refractivity contribution in [3.8, 4) is 0 Å². The van der Waals surface area contributed by atoms with E-state index in [1.165, 1.54) is 28.6 Å². The van der Waals surface area contributed by atoms with E-state index >= 15 is 0 Å². The number of rotatable bonds is 7. The van der Waals surface area contributed by atoms with Crippen molar-refractivity contribution in [3.05, 3.63) is 53.9 Å². The second kappa shape index (κ2) is 9.21.